The molecule has 2 aromatic rings. The van der Waals surface area contributed by atoms with Crippen LogP contribution in [0.1, 0.15) is 71.4 Å². The first-order chi connectivity index (χ1) is 18.2. The Morgan fingerprint density at radius 3 is 2.41 bits per heavy atom. The summed E-state index contributed by atoms with van der Waals surface area (Å²) < 4.78 is 49.9. The molecule has 11 heteroatoms. The Morgan fingerprint density at radius 2 is 1.79 bits per heavy atom. The van der Waals surface area contributed by atoms with Gasteiger partial charge in [-0.2, -0.15) is 8.42 Å². The maximum atomic E-state index is 14.3. The van der Waals surface area contributed by atoms with Gasteiger partial charge >= 0.3 is 6.09 Å². The largest absolute Gasteiger partial charge is 0.506 e. The number of carbonyl (C=O) groups excluding carboxylic acids is 2. The van der Waals surface area contributed by atoms with Gasteiger partial charge in [-0.15, -0.1) is 4.40 Å². The minimum Gasteiger partial charge on any atom is -0.506 e. The van der Waals surface area contributed by atoms with Crippen LogP contribution in [-0.4, -0.2) is 36.8 Å². The fraction of sp³-hybridized carbons (Fsp3) is 0.393. The average Bonchev–Trinajstić information content (AvgIpc) is 2.82. The number of hydrogen-bond donors (Lipinski definition) is 3. The van der Waals surface area contributed by atoms with E-state index in [0.717, 1.165) is 6.07 Å². The molecule has 4 rings (SSSR count). The summed E-state index contributed by atoms with van der Waals surface area (Å²) >= 11 is 0. The number of nitrogens with zero attached hydrogens (tertiary/aromatic N) is 1. The van der Waals surface area contributed by atoms with Gasteiger partial charge in [0.2, 0.25) is 0 Å². The standard InChI is InChI=1S/C28H32FN3O6S/c1-6-12-28(13-7-2)19-10-8-16(29)14-18(19)23(33)22(24(28)34)25-31-20-11-9-17(15-21(20)39(36,37)32-25)30-26(35)38-27(3,4)5/h8-11,14-15,33H,6-7,12-13H2,1-5H3,(H,30,35)(H,31,32). The molecule has 1 amide bonds. The summed E-state index contributed by atoms with van der Waals surface area (Å²) in [6, 6.07) is 8.03. The second-order valence-corrected chi connectivity index (χ2v) is 12.3. The zero-order valence-electron chi connectivity index (χ0n) is 22.5. The summed E-state index contributed by atoms with van der Waals surface area (Å²) in [5, 5.41) is 16.6. The van der Waals surface area contributed by atoms with Gasteiger partial charge in [0.1, 0.15) is 27.6 Å². The van der Waals surface area contributed by atoms with Crippen LogP contribution < -0.4 is 10.6 Å². The minimum absolute atomic E-state index is 0.101. The summed E-state index contributed by atoms with van der Waals surface area (Å²) in [6.45, 7) is 8.94. The van der Waals surface area contributed by atoms with E-state index < -0.39 is 44.5 Å². The molecule has 0 saturated carbocycles. The minimum atomic E-state index is -4.37. The maximum absolute atomic E-state index is 14.3. The van der Waals surface area contributed by atoms with E-state index in [-0.39, 0.29) is 33.2 Å². The highest BCUT2D eigenvalue weighted by Crippen LogP contribution is 2.46. The Hall–Kier alpha value is -3.73. The van der Waals surface area contributed by atoms with Crippen LogP contribution in [0, 0.1) is 5.82 Å². The van der Waals surface area contributed by atoms with Gasteiger partial charge in [-0.25, -0.2) is 9.18 Å². The summed E-state index contributed by atoms with van der Waals surface area (Å²) in [7, 11) is -4.37. The van der Waals surface area contributed by atoms with Gasteiger partial charge in [0.15, 0.2) is 11.6 Å². The third-order valence-electron chi connectivity index (χ3n) is 6.61. The summed E-state index contributed by atoms with van der Waals surface area (Å²) in [6.07, 6.45) is 1.34. The van der Waals surface area contributed by atoms with Crippen molar-refractivity contribution in [1.29, 1.82) is 0 Å². The Bertz CT molecular complexity index is 1520. The third-order valence-corrected chi connectivity index (χ3v) is 7.93. The van der Waals surface area contributed by atoms with E-state index in [4.69, 9.17) is 4.74 Å². The third kappa shape index (κ3) is 5.27. The Balaban J connectivity index is 1.80. The van der Waals surface area contributed by atoms with Crippen molar-refractivity contribution in [2.45, 2.75) is 76.2 Å². The fourth-order valence-electron chi connectivity index (χ4n) is 5.19. The van der Waals surface area contributed by atoms with E-state index in [9.17, 15) is 27.5 Å². The summed E-state index contributed by atoms with van der Waals surface area (Å²) in [5.41, 5.74) is -1.22. The van der Waals surface area contributed by atoms with Crippen LogP contribution in [-0.2, 0) is 25.0 Å². The number of Topliss-reactive ketones (excluding diaryl/α,β-unsaturated/α-hetero) is 1. The summed E-state index contributed by atoms with van der Waals surface area (Å²) in [4.78, 5) is 26.0. The molecule has 39 heavy (non-hydrogen) atoms. The normalized spacial score (nSPS) is 17.5. The molecule has 208 valence electrons. The van der Waals surface area contributed by atoms with E-state index >= 15 is 0 Å². The summed E-state index contributed by atoms with van der Waals surface area (Å²) in [5.74, 6) is -1.96. The van der Waals surface area contributed by atoms with Crippen molar-refractivity contribution in [3.05, 3.63) is 58.9 Å². The number of ketones is 1. The Morgan fingerprint density at radius 1 is 1.13 bits per heavy atom. The van der Waals surface area contributed by atoms with Gasteiger partial charge < -0.3 is 15.2 Å². The first-order valence-electron chi connectivity index (χ1n) is 12.8. The number of sulfonamides is 1. The number of aliphatic hydroxyl groups is 1. The van der Waals surface area contributed by atoms with Crippen molar-refractivity contribution >= 4 is 44.9 Å². The molecule has 1 aliphatic carbocycles. The van der Waals surface area contributed by atoms with Gasteiger partial charge in [-0.1, -0.05) is 32.8 Å². The van der Waals surface area contributed by atoms with Gasteiger partial charge in [0.05, 0.1) is 11.1 Å². The fourth-order valence-corrected chi connectivity index (χ4v) is 6.34. The predicted molar refractivity (Wildman–Crippen MR) is 147 cm³/mol. The highest BCUT2D eigenvalue weighted by atomic mass is 32.2. The average molecular weight is 558 g/mol. The number of aliphatic hydroxyl groups excluding tert-OH is 1. The van der Waals surface area contributed by atoms with Gasteiger partial charge in [0, 0.05) is 11.3 Å². The van der Waals surface area contributed by atoms with Gasteiger partial charge in [-0.3, -0.25) is 10.1 Å². The van der Waals surface area contributed by atoms with E-state index in [2.05, 4.69) is 15.0 Å². The van der Waals surface area contributed by atoms with Crippen LogP contribution in [0.15, 0.2) is 51.3 Å². The lowest BCUT2D eigenvalue weighted by atomic mass is 9.63. The molecule has 0 radical (unpaired) electrons. The smallest absolute Gasteiger partial charge is 0.412 e. The molecule has 0 atom stereocenters. The molecule has 0 unspecified atom stereocenters. The number of amidine groups is 1. The van der Waals surface area contributed by atoms with E-state index in [1.807, 2.05) is 13.8 Å². The molecule has 2 aliphatic rings. The first kappa shape index (κ1) is 28.3. The highest BCUT2D eigenvalue weighted by molar-refractivity contribution is 7.90. The predicted octanol–water partition coefficient (Wildman–Crippen LogP) is 6.08. The maximum Gasteiger partial charge on any atom is 0.412 e. The quantitative estimate of drug-likeness (QED) is 0.392. The van der Waals surface area contributed by atoms with Crippen LogP contribution in [0.3, 0.4) is 0 Å². The van der Waals surface area contributed by atoms with Crippen molar-refractivity contribution in [3.63, 3.8) is 0 Å². The lowest BCUT2D eigenvalue weighted by Gasteiger charge is -2.39. The molecule has 3 N–H and O–H groups in total. The molecular weight excluding hydrogens is 525 g/mol. The van der Waals surface area contributed by atoms with Gasteiger partial charge in [-0.05, 0) is 69.5 Å². The number of carbonyl (C=O) groups is 2. The van der Waals surface area contributed by atoms with Crippen LogP contribution in [0.25, 0.3) is 5.76 Å². The highest BCUT2D eigenvalue weighted by Gasteiger charge is 2.48. The Labute approximate surface area is 227 Å². The number of hydrogen-bond acceptors (Lipinski definition) is 7. The van der Waals surface area contributed by atoms with Crippen LogP contribution in [0.5, 0.6) is 0 Å². The van der Waals surface area contributed by atoms with Crippen LogP contribution >= 0.6 is 0 Å². The van der Waals surface area contributed by atoms with Crippen LogP contribution in [0.2, 0.25) is 0 Å². The number of anilines is 2. The lowest BCUT2D eigenvalue weighted by Crippen LogP contribution is -2.44. The van der Waals surface area contributed by atoms with Crippen molar-refractivity contribution in [3.8, 4) is 0 Å². The number of benzene rings is 2. The Kier molecular flexibility index (Phi) is 7.33. The first-order valence-corrected chi connectivity index (χ1v) is 14.2. The molecule has 0 fully saturated rings. The second kappa shape index (κ2) is 10.1. The molecular formula is C28H32FN3O6S. The molecule has 0 spiro atoms. The van der Waals surface area contributed by atoms with Crippen molar-refractivity contribution in [2.75, 3.05) is 10.6 Å². The molecule has 2 aromatic carbocycles. The monoisotopic (exact) mass is 557 g/mol. The van der Waals surface area contributed by atoms with Crippen molar-refractivity contribution in [2.24, 2.45) is 4.40 Å². The number of amides is 1. The molecule has 0 aromatic heterocycles. The molecule has 1 heterocycles. The van der Waals surface area contributed by atoms with Crippen LogP contribution in [0.4, 0.5) is 20.6 Å². The van der Waals surface area contributed by atoms with Gasteiger partial charge in [0.25, 0.3) is 10.0 Å². The van der Waals surface area contributed by atoms with E-state index in [1.165, 1.54) is 30.3 Å². The second-order valence-electron chi connectivity index (χ2n) is 10.7. The number of halogens is 1. The number of ether oxygens (including phenoxy) is 1. The zero-order chi connectivity index (χ0) is 28.8. The molecule has 0 saturated heterocycles. The SMILES string of the molecule is CCCC1(CCC)C(=O)C(C2=NS(=O)(=O)c3cc(NC(=O)OC(C)(C)C)ccc3N2)=C(O)c2cc(F)ccc21. The zero-order valence-corrected chi connectivity index (χ0v) is 23.3. The molecule has 0 bridgehead atoms. The number of fused-ring (bicyclic) bond motifs is 2. The van der Waals surface area contributed by atoms with E-state index in [1.54, 1.807) is 20.8 Å². The van der Waals surface area contributed by atoms with E-state index in [0.29, 0.717) is 31.2 Å². The molecule has 9 nitrogen and oxygen atoms in total. The number of nitrogens with one attached hydrogen (secondary N) is 2. The topological polar surface area (TPSA) is 134 Å². The van der Waals surface area contributed by atoms with Crippen molar-refractivity contribution < 1.29 is 32.2 Å². The van der Waals surface area contributed by atoms with Crippen molar-refractivity contribution in [1.82, 2.24) is 0 Å². The number of rotatable bonds is 6. The lowest BCUT2D eigenvalue weighted by molar-refractivity contribution is -0.121. The molecule has 1 aliphatic heterocycles.